The topological polar surface area (TPSA) is 107 Å². The molecule has 0 aliphatic carbocycles. The fourth-order valence-corrected chi connectivity index (χ4v) is 5.81. The number of hydrogen-bond donors (Lipinski definition) is 3. The van der Waals surface area contributed by atoms with E-state index in [1.807, 2.05) is 19.9 Å². The van der Waals surface area contributed by atoms with Gasteiger partial charge in [0.25, 0.3) is 15.9 Å². The molecule has 1 atom stereocenters. The third kappa shape index (κ3) is 6.19. The number of likely N-dealkylation sites (N-methyl/N-ethyl adjacent to an activating group) is 1. The van der Waals surface area contributed by atoms with Gasteiger partial charge in [0.05, 0.1) is 28.8 Å². The number of aryl methyl sites for hydroxylation is 2. The number of aliphatic hydroxyl groups is 1. The van der Waals surface area contributed by atoms with Crippen molar-refractivity contribution in [2.45, 2.75) is 45.6 Å². The predicted molar refractivity (Wildman–Crippen MR) is 145 cm³/mol. The fraction of sp³-hybridized carbons (Fsp3) is 0.296. The molecule has 1 unspecified atom stereocenters. The lowest BCUT2D eigenvalue weighted by atomic mass is 10.0. The summed E-state index contributed by atoms with van der Waals surface area (Å²) in [6.07, 6.45) is -1.02. The molecule has 0 bridgehead atoms. The molecule has 36 heavy (non-hydrogen) atoms. The van der Waals surface area contributed by atoms with Gasteiger partial charge >= 0.3 is 0 Å². The van der Waals surface area contributed by atoms with Crippen LogP contribution in [-0.2, 0) is 10.0 Å². The van der Waals surface area contributed by atoms with Gasteiger partial charge in [-0.1, -0.05) is 30.3 Å². The Labute approximate surface area is 219 Å². The van der Waals surface area contributed by atoms with Crippen molar-refractivity contribution in [3.05, 3.63) is 88.0 Å². The standard InChI is InChI=1S/C27H32N2O5S.ClH/c1-6-29(16-25(31)21-10-9-11-22(30)15-21)27(32)23-12-7-8-13-24(23)28-35(33,34)26-19(4)17(2)14-18(3)20(26)5;/h7-15,25,28,30-31H,6,16H2,1-5H3;1H. The Kier molecular flexibility index (Phi) is 9.54. The first-order chi connectivity index (χ1) is 16.5. The van der Waals surface area contributed by atoms with Crippen molar-refractivity contribution in [1.29, 1.82) is 0 Å². The maximum Gasteiger partial charge on any atom is 0.262 e. The second-order valence-corrected chi connectivity index (χ2v) is 10.3. The number of carbonyl (C=O) groups excluding carboxylic acids is 1. The Morgan fingerprint density at radius 2 is 1.58 bits per heavy atom. The minimum absolute atomic E-state index is 0. The van der Waals surface area contributed by atoms with E-state index in [0.29, 0.717) is 23.2 Å². The molecule has 9 heteroatoms. The lowest BCUT2D eigenvalue weighted by Crippen LogP contribution is -2.35. The summed E-state index contributed by atoms with van der Waals surface area (Å²) in [4.78, 5) is 15.1. The average Bonchev–Trinajstić information content (AvgIpc) is 2.80. The van der Waals surface area contributed by atoms with E-state index in [9.17, 15) is 23.4 Å². The van der Waals surface area contributed by atoms with Crippen LogP contribution >= 0.6 is 12.4 Å². The van der Waals surface area contributed by atoms with Crippen LogP contribution in [0.3, 0.4) is 0 Å². The predicted octanol–water partition coefficient (Wildman–Crippen LogP) is 5.04. The van der Waals surface area contributed by atoms with E-state index in [0.717, 1.165) is 11.1 Å². The van der Waals surface area contributed by atoms with Gasteiger partial charge in [0.15, 0.2) is 0 Å². The molecule has 7 nitrogen and oxygen atoms in total. The molecule has 194 valence electrons. The van der Waals surface area contributed by atoms with Crippen molar-refractivity contribution in [1.82, 2.24) is 4.90 Å². The van der Waals surface area contributed by atoms with Crippen LogP contribution in [0, 0.1) is 27.7 Å². The largest absolute Gasteiger partial charge is 0.508 e. The molecule has 0 radical (unpaired) electrons. The number of carbonyl (C=O) groups is 1. The molecule has 0 fully saturated rings. The molecule has 0 heterocycles. The zero-order valence-corrected chi connectivity index (χ0v) is 22.7. The normalized spacial score (nSPS) is 11.9. The van der Waals surface area contributed by atoms with Crippen LogP contribution < -0.4 is 4.72 Å². The molecule has 3 N–H and O–H groups in total. The number of halogens is 1. The molecule has 3 rings (SSSR count). The molecule has 3 aromatic rings. The number of amides is 1. The summed E-state index contributed by atoms with van der Waals surface area (Å²) in [7, 11) is -3.98. The van der Waals surface area contributed by atoms with Crippen molar-refractivity contribution < 1.29 is 23.4 Å². The van der Waals surface area contributed by atoms with Gasteiger partial charge in [0.2, 0.25) is 0 Å². The van der Waals surface area contributed by atoms with Crippen LogP contribution in [-0.4, -0.2) is 42.5 Å². The second-order valence-electron chi connectivity index (χ2n) is 8.70. The van der Waals surface area contributed by atoms with Crippen LogP contribution in [0.5, 0.6) is 5.75 Å². The maximum atomic E-state index is 13.5. The summed E-state index contributed by atoms with van der Waals surface area (Å²) < 4.78 is 29.5. The van der Waals surface area contributed by atoms with Gasteiger partial charge in [-0.15, -0.1) is 12.4 Å². The number of phenolic OH excluding ortho intramolecular Hbond substituents is 1. The molecular weight excluding hydrogens is 500 g/mol. The Morgan fingerprint density at radius 1 is 0.972 bits per heavy atom. The van der Waals surface area contributed by atoms with Crippen molar-refractivity contribution >= 4 is 34.0 Å². The molecule has 0 aromatic heterocycles. The van der Waals surface area contributed by atoms with Crippen LogP contribution in [0.15, 0.2) is 59.5 Å². The number of hydrogen-bond acceptors (Lipinski definition) is 5. The highest BCUT2D eigenvalue weighted by molar-refractivity contribution is 7.92. The molecular formula is C27H33ClN2O5S. The summed E-state index contributed by atoms with van der Waals surface area (Å²) in [6, 6.07) is 14.6. The maximum absolute atomic E-state index is 13.5. The highest BCUT2D eigenvalue weighted by atomic mass is 35.5. The van der Waals surface area contributed by atoms with Gasteiger partial charge in [0.1, 0.15) is 5.75 Å². The van der Waals surface area contributed by atoms with Crippen LogP contribution in [0.25, 0.3) is 0 Å². The van der Waals surface area contributed by atoms with Gasteiger partial charge < -0.3 is 15.1 Å². The summed E-state index contributed by atoms with van der Waals surface area (Å²) in [5.41, 5.74) is 3.89. The molecule has 1 amide bonds. The number of para-hydroxylation sites is 1. The van der Waals surface area contributed by atoms with Gasteiger partial charge in [-0.2, -0.15) is 0 Å². The smallest absolute Gasteiger partial charge is 0.262 e. The lowest BCUT2D eigenvalue weighted by Gasteiger charge is -2.25. The first kappa shape index (κ1) is 29.2. The van der Waals surface area contributed by atoms with Gasteiger partial charge in [0, 0.05) is 6.54 Å². The van der Waals surface area contributed by atoms with Crippen molar-refractivity contribution in [2.75, 3.05) is 17.8 Å². The number of aliphatic hydroxyl groups excluding tert-OH is 1. The van der Waals surface area contributed by atoms with E-state index in [4.69, 9.17) is 0 Å². The Bertz CT molecular complexity index is 1330. The number of nitrogens with zero attached hydrogens (tertiary/aromatic N) is 1. The zero-order valence-electron chi connectivity index (χ0n) is 21.1. The van der Waals surface area contributed by atoms with E-state index < -0.39 is 22.0 Å². The first-order valence-electron chi connectivity index (χ1n) is 11.4. The summed E-state index contributed by atoms with van der Waals surface area (Å²) in [6.45, 7) is 9.34. The van der Waals surface area contributed by atoms with E-state index in [2.05, 4.69) is 4.72 Å². The highest BCUT2D eigenvalue weighted by Gasteiger charge is 2.26. The third-order valence-corrected chi connectivity index (χ3v) is 7.92. The lowest BCUT2D eigenvalue weighted by molar-refractivity contribution is 0.0636. The van der Waals surface area contributed by atoms with Gasteiger partial charge in [-0.3, -0.25) is 9.52 Å². The number of benzene rings is 3. The summed E-state index contributed by atoms with van der Waals surface area (Å²) in [5.74, 6) is -0.397. The van der Waals surface area contributed by atoms with Crippen LogP contribution in [0.4, 0.5) is 5.69 Å². The summed E-state index contributed by atoms with van der Waals surface area (Å²) >= 11 is 0. The average molecular weight is 533 g/mol. The quantitative estimate of drug-likeness (QED) is 0.376. The highest BCUT2D eigenvalue weighted by Crippen LogP contribution is 2.29. The van der Waals surface area contributed by atoms with Crippen molar-refractivity contribution in [3.63, 3.8) is 0 Å². The Hall–Kier alpha value is -3.07. The van der Waals surface area contributed by atoms with Crippen molar-refractivity contribution in [2.24, 2.45) is 0 Å². The number of anilines is 1. The Balaban J connectivity index is 0.00000456. The van der Waals surface area contributed by atoms with E-state index in [1.165, 1.54) is 17.0 Å². The zero-order chi connectivity index (χ0) is 25.9. The van der Waals surface area contributed by atoms with Crippen molar-refractivity contribution in [3.8, 4) is 5.75 Å². The first-order valence-corrected chi connectivity index (χ1v) is 12.9. The monoisotopic (exact) mass is 532 g/mol. The number of aromatic hydroxyl groups is 1. The number of phenols is 1. The SMILES string of the molecule is CCN(CC(O)c1cccc(O)c1)C(=O)c1ccccc1NS(=O)(=O)c1c(C)c(C)cc(C)c1C.Cl. The molecule has 3 aromatic carbocycles. The third-order valence-electron chi connectivity index (χ3n) is 6.28. The molecule has 0 saturated heterocycles. The van der Waals surface area contributed by atoms with Crippen LogP contribution in [0.1, 0.15) is 51.2 Å². The molecule has 0 saturated carbocycles. The minimum atomic E-state index is -3.98. The molecule has 0 spiro atoms. The van der Waals surface area contributed by atoms with Gasteiger partial charge in [-0.25, -0.2) is 8.42 Å². The number of nitrogens with one attached hydrogen (secondary N) is 1. The molecule has 0 aliphatic rings. The van der Waals surface area contributed by atoms with E-state index in [1.54, 1.807) is 57.2 Å². The van der Waals surface area contributed by atoms with Gasteiger partial charge in [-0.05, 0) is 86.7 Å². The minimum Gasteiger partial charge on any atom is -0.508 e. The summed E-state index contributed by atoms with van der Waals surface area (Å²) in [5, 5.41) is 20.3. The molecule has 0 aliphatic heterocycles. The van der Waals surface area contributed by atoms with E-state index >= 15 is 0 Å². The fourth-order valence-electron chi connectivity index (χ4n) is 4.11. The van der Waals surface area contributed by atoms with Crippen LogP contribution in [0.2, 0.25) is 0 Å². The number of sulfonamides is 1. The second kappa shape index (κ2) is 11.8. The number of rotatable bonds is 8. The Morgan fingerprint density at radius 3 is 2.17 bits per heavy atom. The van der Waals surface area contributed by atoms with E-state index in [-0.39, 0.29) is 40.8 Å².